The summed E-state index contributed by atoms with van der Waals surface area (Å²) in [6, 6.07) is 5.41. The van der Waals surface area contributed by atoms with E-state index in [1.165, 1.54) is 35.1 Å². The number of alkyl halides is 2. The number of anilines is 1. The lowest BCUT2D eigenvalue weighted by atomic mass is 10.2. The first-order valence-corrected chi connectivity index (χ1v) is 6.88. The zero-order valence-electron chi connectivity index (χ0n) is 12.6. The Balaban J connectivity index is 1.90. The molecule has 2 aromatic rings. The van der Waals surface area contributed by atoms with Crippen molar-refractivity contribution in [1.82, 2.24) is 9.78 Å². The molecule has 8 nitrogen and oxygen atoms in total. The van der Waals surface area contributed by atoms with Crippen LogP contribution < -0.4 is 10.1 Å². The highest BCUT2D eigenvalue weighted by atomic mass is 19.3. The largest absolute Gasteiger partial charge is 0.435 e. The minimum atomic E-state index is -2.91. The third-order valence-corrected chi connectivity index (χ3v) is 3.08. The number of nitrogens with zero attached hydrogens (tertiary/aromatic N) is 3. The van der Waals surface area contributed by atoms with E-state index in [0.29, 0.717) is 11.3 Å². The van der Waals surface area contributed by atoms with Crippen LogP contribution in [0, 0.1) is 17.0 Å². The number of carbonyl (C=O) groups excluding carboxylic acids is 1. The Morgan fingerprint density at radius 1 is 1.46 bits per heavy atom. The molecule has 0 spiro atoms. The maximum atomic E-state index is 12.1. The molecule has 10 heteroatoms. The highest BCUT2D eigenvalue weighted by molar-refractivity contribution is 5.91. The van der Waals surface area contributed by atoms with Gasteiger partial charge < -0.3 is 20.2 Å². The fourth-order valence-electron chi connectivity index (χ4n) is 1.95. The molecule has 0 aliphatic rings. The van der Waals surface area contributed by atoms with Gasteiger partial charge in [-0.3, -0.25) is 4.79 Å². The molecule has 0 fully saturated rings. The molecule has 0 saturated carbocycles. The normalized spacial score (nSPS) is 10.7. The number of rotatable bonds is 7. The van der Waals surface area contributed by atoms with E-state index in [0.717, 1.165) is 0 Å². The topological polar surface area (TPSA) is 99.3 Å². The average molecular weight is 340 g/mol. The summed E-state index contributed by atoms with van der Waals surface area (Å²) in [5.41, 5.74) is 1.03. The maximum Gasteiger partial charge on any atom is 0.389 e. The Labute approximate surface area is 135 Å². The number of hydrogen-bond acceptors (Lipinski definition) is 5. The fourth-order valence-corrected chi connectivity index (χ4v) is 1.95. The lowest BCUT2D eigenvalue weighted by Gasteiger charge is -2.10. The quantitative estimate of drug-likeness (QED) is 0.617. The van der Waals surface area contributed by atoms with Crippen LogP contribution in [0.2, 0.25) is 0 Å². The molecule has 0 unspecified atom stereocenters. The van der Waals surface area contributed by atoms with E-state index < -0.39 is 11.5 Å². The van der Waals surface area contributed by atoms with Gasteiger partial charge in [-0.15, -0.1) is 0 Å². The van der Waals surface area contributed by atoms with Crippen LogP contribution in [-0.2, 0) is 11.3 Å². The molecular formula is C14H14F2N4O4. The number of hydrogen-bond donors (Lipinski definition) is 1. The molecule has 0 atom stereocenters. The highest BCUT2D eigenvalue weighted by Crippen LogP contribution is 2.22. The summed E-state index contributed by atoms with van der Waals surface area (Å²) in [7, 11) is 0. The van der Waals surface area contributed by atoms with E-state index in [1.807, 2.05) is 0 Å². The molecule has 0 radical (unpaired) electrons. The highest BCUT2D eigenvalue weighted by Gasteiger charge is 2.13. The van der Waals surface area contributed by atoms with Crippen LogP contribution in [0.3, 0.4) is 0 Å². The average Bonchev–Trinajstić information content (AvgIpc) is 2.96. The molecule has 1 aromatic carbocycles. The van der Waals surface area contributed by atoms with Gasteiger partial charge in [0.1, 0.15) is 5.75 Å². The molecule has 0 saturated heterocycles. The minimum Gasteiger partial charge on any atom is -0.435 e. The molecule has 2 rings (SSSR count). The number of halogens is 2. The minimum absolute atomic E-state index is 0.00403. The zero-order valence-corrected chi connectivity index (χ0v) is 12.6. The van der Waals surface area contributed by atoms with Gasteiger partial charge in [-0.2, -0.15) is 13.5 Å². The predicted molar refractivity (Wildman–Crippen MR) is 79.9 cm³/mol. The van der Waals surface area contributed by atoms with Crippen LogP contribution in [0.25, 0.3) is 0 Å². The van der Waals surface area contributed by atoms with Gasteiger partial charge in [0.15, 0.2) is 0 Å². The van der Waals surface area contributed by atoms with E-state index in [4.69, 9.17) is 0 Å². The second kappa shape index (κ2) is 7.49. The summed E-state index contributed by atoms with van der Waals surface area (Å²) in [4.78, 5) is 21.8. The number of carbonyl (C=O) groups is 1. The fraction of sp³-hybridized carbons (Fsp3) is 0.286. The van der Waals surface area contributed by atoms with Crippen molar-refractivity contribution in [3.8, 4) is 5.75 Å². The summed E-state index contributed by atoms with van der Waals surface area (Å²) in [6.45, 7) is -1.10. The van der Waals surface area contributed by atoms with Crippen LogP contribution in [0.4, 0.5) is 20.3 Å². The van der Waals surface area contributed by atoms with Crippen molar-refractivity contribution in [2.45, 2.75) is 26.5 Å². The third kappa shape index (κ3) is 4.73. The number of benzene rings is 1. The molecule has 1 N–H and O–H groups in total. The number of nitrogens with one attached hydrogen (secondary N) is 1. The van der Waals surface area contributed by atoms with Crippen molar-refractivity contribution < 1.29 is 23.2 Å². The van der Waals surface area contributed by atoms with Gasteiger partial charge in [-0.25, -0.2) is 0 Å². The summed E-state index contributed by atoms with van der Waals surface area (Å²) in [6.07, 6.45) is 1.46. The molecule has 128 valence electrons. The van der Waals surface area contributed by atoms with Crippen LogP contribution in [-0.4, -0.2) is 27.2 Å². The van der Waals surface area contributed by atoms with Gasteiger partial charge in [-0.05, 0) is 35.6 Å². The number of aromatic nitrogens is 2. The predicted octanol–water partition coefficient (Wildman–Crippen LogP) is 2.73. The third-order valence-electron chi connectivity index (χ3n) is 3.08. The van der Waals surface area contributed by atoms with E-state index in [-0.39, 0.29) is 30.4 Å². The molecule has 1 heterocycles. The van der Waals surface area contributed by atoms with Gasteiger partial charge in [0.05, 0.1) is 23.9 Å². The SMILES string of the molecule is Cc1cc(OC(F)F)ccc1NC(=O)CCn1ccc([N+](=O)[O-])n1. The number of ether oxygens (including phenoxy) is 1. The van der Waals surface area contributed by atoms with Gasteiger partial charge in [0.2, 0.25) is 5.91 Å². The maximum absolute atomic E-state index is 12.1. The lowest BCUT2D eigenvalue weighted by Crippen LogP contribution is -2.15. The lowest BCUT2D eigenvalue weighted by molar-refractivity contribution is -0.389. The molecule has 1 amide bonds. The standard InChI is InChI=1S/C14H14F2N4O4/c1-9-8-10(24-14(15)16)2-3-11(9)17-13(21)5-7-19-6-4-12(18-19)20(22)23/h2-4,6,8,14H,5,7H2,1H3,(H,17,21). The Hall–Kier alpha value is -3.04. The molecule has 0 bridgehead atoms. The van der Waals surface area contributed by atoms with Gasteiger partial charge in [0.25, 0.3) is 0 Å². The Morgan fingerprint density at radius 3 is 2.79 bits per heavy atom. The summed E-state index contributed by atoms with van der Waals surface area (Å²) in [5, 5.41) is 16.8. The molecule has 24 heavy (non-hydrogen) atoms. The van der Waals surface area contributed by atoms with Crippen molar-refractivity contribution in [2.24, 2.45) is 0 Å². The number of amides is 1. The van der Waals surface area contributed by atoms with E-state index >= 15 is 0 Å². The van der Waals surface area contributed by atoms with Gasteiger partial charge in [-0.1, -0.05) is 0 Å². The van der Waals surface area contributed by atoms with E-state index in [1.54, 1.807) is 6.92 Å². The van der Waals surface area contributed by atoms with Crippen LogP contribution in [0.5, 0.6) is 5.75 Å². The number of aryl methyl sites for hydroxylation is 2. The van der Waals surface area contributed by atoms with Crippen molar-refractivity contribution in [3.05, 3.63) is 46.1 Å². The second-order valence-electron chi connectivity index (χ2n) is 4.85. The second-order valence-corrected chi connectivity index (χ2v) is 4.85. The summed E-state index contributed by atoms with van der Waals surface area (Å²) in [5.74, 6) is -0.621. The Morgan fingerprint density at radius 2 is 2.21 bits per heavy atom. The van der Waals surface area contributed by atoms with Crippen molar-refractivity contribution in [2.75, 3.05) is 5.32 Å². The number of nitro groups is 1. The summed E-state index contributed by atoms with van der Waals surface area (Å²) >= 11 is 0. The first-order valence-electron chi connectivity index (χ1n) is 6.88. The van der Waals surface area contributed by atoms with E-state index in [2.05, 4.69) is 15.2 Å². The van der Waals surface area contributed by atoms with Crippen molar-refractivity contribution in [1.29, 1.82) is 0 Å². The van der Waals surface area contributed by atoms with Crippen LogP contribution in [0.15, 0.2) is 30.5 Å². The Kier molecular flexibility index (Phi) is 5.40. The van der Waals surface area contributed by atoms with Gasteiger partial charge >= 0.3 is 12.4 Å². The van der Waals surface area contributed by atoms with Crippen LogP contribution in [0.1, 0.15) is 12.0 Å². The first-order chi connectivity index (χ1) is 11.3. The smallest absolute Gasteiger partial charge is 0.389 e. The molecule has 0 aliphatic heterocycles. The van der Waals surface area contributed by atoms with Crippen molar-refractivity contribution >= 4 is 17.4 Å². The zero-order chi connectivity index (χ0) is 17.7. The van der Waals surface area contributed by atoms with Crippen molar-refractivity contribution in [3.63, 3.8) is 0 Å². The molecule has 1 aromatic heterocycles. The summed E-state index contributed by atoms with van der Waals surface area (Å²) < 4.78 is 29.8. The van der Waals surface area contributed by atoms with Gasteiger partial charge in [0, 0.05) is 12.1 Å². The molecule has 0 aliphatic carbocycles. The molecular weight excluding hydrogens is 326 g/mol. The van der Waals surface area contributed by atoms with Crippen LogP contribution >= 0.6 is 0 Å². The monoisotopic (exact) mass is 340 g/mol. The van der Waals surface area contributed by atoms with E-state index in [9.17, 15) is 23.7 Å². The Bertz CT molecular complexity index is 748. The first kappa shape index (κ1) is 17.3.